The molecule has 0 aromatic carbocycles. The molecule has 0 atom stereocenters. The molecule has 112 valence electrons. The van der Waals surface area contributed by atoms with Crippen molar-refractivity contribution < 1.29 is 45.4 Å². The summed E-state index contributed by atoms with van der Waals surface area (Å²) in [5.74, 6) is -6.01. The highest BCUT2D eigenvalue weighted by Crippen LogP contribution is 2.36. The Bertz CT molecular complexity index is 523. The van der Waals surface area contributed by atoms with Gasteiger partial charge in [0.05, 0.1) is 17.7 Å². The number of carbonyl (C=O) groups is 1. The van der Waals surface area contributed by atoms with E-state index in [0.717, 1.165) is 0 Å². The summed E-state index contributed by atoms with van der Waals surface area (Å²) >= 11 is 0. The first-order valence-corrected chi connectivity index (χ1v) is 4.64. The Morgan fingerprint density at radius 2 is 1.80 bits per heavy atom. The van der Waals surface area contributed by atoms with Crippen LogP contribution in [0.4, 0.5) is 30.7 Å². The average molecular weight is 307 g/mol. The number of hydrogen-bond donors (Lipinski definition) is 1. The molecule has 0 saturated heterocycles. The fourth-order valence-electron chi connectivity index (χ4n) is 1.19. The second-order valence-corrected chi connectivity index (χ2v) is 3.40. The van der Waals surface area contributed by atoms with Gasteiger partial charge in [0.1, 0.15) is 0 Å². The number of halogens is 7. The number of aromatic nitrogens is 1. The van der Waals surface area contributed by atoms with Crippen molar-refractivity contribution in [3.05, 3.63) is 23.1 Å². The lowest BCUT2D eigenvalue weighted by molar-refractivity contribution is -0.277. The van der Waals surface area contributed by atoms with Crippen LogP contribution in [0.3, 0.4) is 0 Å². The number of aliphatic carboxylic acids is 1. The largest absolute Gasteiger partial charge is 0.574 e. The number of alkyl halides is 6. The smallest absolute Gasteiger partial charge is 0.481 e. The van der Waals surface area contributed by atoms with E-state index in [1.807, 2.05) is 0 Å². The van der Waals surface area contributed by atoms with Crippen LogP contribution in [0.25, 0.3) is 0 Å². The molecule has 0 saturated carbocycles. The molecule has 0 bridgehead atoms. The van der Waals surface area contributed by atoms with Crippen LogP contribution < -0.4 is 4.74 Å². The van der Waals surface area contributed by atoms with Crippen molar-refractivity contribution in [3.63, 3.8) is 0 Å². The van der Waals surface area contributed by atoms with Gasteiger partial charge in [0.15, 0.2) is 5.82 Å². The molecule has 1 N–H and O–H groups in total. The lowest BCUT2D eigenvalue weighted by atomic mass is 10.1. The molecule has 1 heterocycles. The Labute approximate surface area is 105 Å². The van der Waals surface area contributed by atoms with Crippen molar-refractivity contribution in [1.82, 2.24) is 4.98 Å². The minimum atomic E-state index is -5.47. The number of nitrogens with zero attached hydrogens (tertiary/aromatic N) is 1. The number of pyridine rings is 1. The Hall–Kier alpha value is -2.07. The standard InChI is InChI=1S/C9H4F7NO3/c10-6-4(8(11,12)13)1-3(2-5(18)19)17-7(6)20-9(14,15)16/h1H,2H2,(H,18,19). The molecule has 0 unspecified atom stereocenters. The van der Waals surface area contributed by atoms with E-state index in [1.54, 1.807) is 0 Å². The molecule has 4 nitrogen and oxygen atoms in total. The van der Waals surface area contributed by atoms with Crippen LogP contribution in [0.1, 0.15) is 11.3 Å². The van der Waals surface area contributed by atoms with Gasteiger partial charge in [0.25, 0.3) is 5.88 Å². The van der Waals surface area contributed by atoms with E-state index in [2.05, 4.69) is 9.72 Å². The Morgan fingerprint density at radius 1 is 1.25 bits per heavy atom. The monoisotopic (exact) mass is 307 g/mol. The Balaban J connectivity index is 3.38. The normalized spacial score (nSPS) is 12.3. The summed E-state index contributed by atoms with van der Waals surface area (Å²) in [4.78, 5) is 13.1. The van der Waals surface area contributed by atoms with E-state index in [-0.39, 0.29) is 6.07 Å². The van der Waals surface area contributed by atoms with E-state index in [0.29, 0.717) is 0 Å². The minimum Gasteiger partial charge on any atom is -0.481 e. The number of carboxylic acid groups (broad SMARTS) is 1. The Morgan fingerprint density at radius 3 is 2.20 bits per heavy atom. The topological polar surface area (TPSA) is 59.4 Å². The van der Waals surface area contributed by atoms with Gasteiger partial charge in [-0.15, -0.1) is 13.2 Å². The summed E-state index contributed by atoms with van der Waals surface area (Å²) in [5, 5.41) is 8.38. The fourth-order valence-corrected chi connectivity index (χ4v) is 1.19. The van der Waals surface area contributed by atoms with Crippen LogP contribution in [-0.2, 0) is 17.4 Å². The molecular formula is C9H4F7NO3. The van der Waals surface area contributed by atoms with Gasteiger partial charge in [-0.1, -0.05) is 0 Å². The van der Waals surface area contributed by atoms with Crippen molar-refractivity contribution in [1.29, 1.82) is 0 Å². The highest BCUT2D eigenvalue weighted by atomic mass is 19.4. The third-order valence-electron chi connectivity index (χ3n) is 1.83. The summed E-state index contributed by atoms with van der Waals surface area (Å²) in [6.45, 7) is 0. The van der Waals surface area contributed by atoms with Gasteiger partial charge >= 0.3 is 18.5 Å². The van der Waals surface area contributed by atoms with E-state index in [4.69, 9.17) is 5.11 Å². The zero-order valence-electron chi connectivity index (χ0n) is 9.14. The minimum absolute atomic E-state index is 0.00663. The molecule has 1 aromatic rings. The lowest BCUT2D eigenvalue weighted by Gasteiger charge is -2.14. The third kappa shape index (κ3) is 4.24. The first-order valence-electron chi connectivity index (χ1n) is 4.64. The highest BCUT2D eigenvalue weighted by Gasteiger charge is 2.40. The number of ether oxygens (including phenoxy) is 1. The van der Waals surface area contributed by atoms with Crippen molar-refractivity contribution >= 4 is 5.97 Å². The first kappa shape index (κ1) is 16.0. The van der Waals surface area contributed by atoms with Gasteiger partial charge in [-0.2, -0.15) is 13.2 Å². The molecule has 0 aliphatic rings. The van der Waals surface area contributed by atoms with Crippen molar-refractivity contribution in [2.75, 3.05) is 0 Å². The second-order valence-electron chi connectivity index (χ2n) is 3.40. The van der Waals surface area contributed by atoms with Crippen LogP contribution in [0.5, 0.6) is 5.88 Å². The number of rotatable bonds is 3. The summed E-state index contributed by atoms with van der Waals surface area (Å²) in [5.41, 5.74) is -3.02. The Kier molecular flexibility index (Phi) is 4.10. The van der Waals surface area contributed by atoms with Crippen LogP contribution in [0.15, 0.2) is 6.07 Å². The molecule has 11 heteroatoms. The predicted octanol–water partition coefficient (Wildman–Crippen LogP) is 2.77. The SMILES string of the molecule is O=C(O)Cc1cc(C(F)(F)F)c(F)c(OC(F)(F)F)n1. The van der Waals surface area contributed by atoms with Crippen molar-refractivity contribution in [2.45, 2.75) is 19.0 Å². The molecule has 0 amide bonds. The molecule has 20 heavy (non-hydrogen) atoms. The summed E-state index contributed by atoms with van der Waals surface area (Å²) in [6, 6.07) is 0.00663. The van der Waals surface area contributed by atoms with Crippen LogP contribution in [0, 0.1) is 5.82 Å². The van der Waals surface area contributed by atoms with Crippen molar-refractivity contribution in [2.24, 2.45) is 0 Å². The van der Waals surface area contributed by atoms with Crippen LogP contribution in [-0.4, -0.2) is 22.4 Å². The van der Waals surface area contributed by atoms with Gasteiger partial charge < -0.3 is 9.84 Å². The van der Waals surface area contributed by atoms with E-state index < -0.39 is 47.9 Å². The van der Waals surface area contributed by atoms with E-state index in [1.165, 1.54) is 0 Å². The summed E-state index contributed by atoms with van der Waals surface area (Å²) in [6.07, 6.45) is -11.9. The molecule has 1 rings (SSSR count). The predicted molar refractivity (Wildman–Crippen MR) is 47.2 cm³/mol. The zero-order chi connectivity index (χ0) is 15.7. The maximum absolute atomic E-state index is 13.3. The molecule has 0 radical (unpaired) electrons. The third-order valence-corrected chi connectivity index (χ3v) is 1.83. The molecule has 0 fully saturated rings. The fraction of sp³-hybridized carbons (Fsp3) is 0.333. The number of carboxylic acids is 1. The quantitative estimate of drug-likeness (QED) is 0.872. The second kappa shape index (κ2) is 5.13. The summed E-state index contributed by atoms with van der Waals surface area (Å²) < 4.78 is 89.3. The van der Waals surface area contributed by atoms with Gasteiger partial charge in [0.2, 0.25) is 0 Å². The van der Waals surface area contributed by atoms with Gasteiger partial charge in [-0.05, 0) is 6.07 Å². The van der Waals surface area contributed by atoms with Crippen LogP contribution >= 0.6 is 0 Å². The van der Waals surface area contributed by atoms with Crippen LogP contribution in [0.2, 0.25) is 0 Å². The summed E-state index contributed by atoms with van der Waals surface area (Å²) in [7, 11) is 0. The molecular weight excluding hydrogens is 303 g/mol. The van der Waals surface area contributed by atoms with E-state index >= 15 is 0 Å². The average Bonchev–Trinajstić information content (AvgIpc) is 2.17. The van der Waals surface area contributed by atoms with Gasteiger partial charge in [0, 0.05) is 0 Å². The van der Waals surface area contributed by atoms with Gasteiger partial charge in [-0.3, -0.25) is 4.79 Å². The zero-order valence-corrected chi connectivity index (χ0v) is 9.14. The van der Waals surface area contributed by atoms with Gasteiger partial charge in [-0.25, -0.2) is 9.37 Å². The van der Waals surface area contributed by atoms with E-state index in [9.17, 15) is 35.5 Å². The maximum Gasteiger partial charge on any atom is 0.574 e. The highest BCUT2D eigenvalue weighted by molar-refractivity contribution is 5.69. The van der Waals surface area contributed by atoms with Crippen molar-refractivity contribution in [3.8, 4) is 5.88 Å². The number of hydrogen-bond acceptors (Lipinski definition) is 3. The molecule has 0 aliphatic carbocycles. The molecule has 0 spiro atoms. The lowest BCUT2D eigenvalue weighted by Crippen LogP contribution is -2.21. The first-order chi connectivity index (χ1) is 8.90. The molecule has 1 aromatic heterocycles. The molecule has 0 aliphatic heterocycles. The maximum atomic E-state index is 13.3.